The lowest BCUT2D eigenvalue weighted by Gasteiger charge is -2.37. The lowest BCUT2D eigenvalue weighted by Crippen LogP contribution is -2.53. The van der Waals surface area contributed by atoms with Gasteiger partial charge in [0.1, 0.15) is 5.84 Å². The number of nitrogens with one attached hydrogen (secondary N) is 2. The Hall–Kier alpha value is -3.18. The number of aryl methyl sites for hydroxylation is 1. The Bertz CT molecular complexity index is 1080. The highest BCUT2D eigenvalue weighted by Crippen LogP contribution is 2.21. The maximum absolute atomic E-state index is 13.0. The number of hydrogen-bond acceptors (Lipinski definition) is 6. The molecule has 1 aromatic carbocycles. The predicted molar refractivity (Wildman–Crippen MR) is 124 cm³/mol. The number of ether oxygens (including phenoxy) is 1. The molecule has 0 aliphatic carbocycles. The number of nitrogens with zero attached hydrogens (tertiary/aromatic N) is 2. The molecule has 0 radical (unpaired) electrons. The van der Waals surface area contributed by atoms with E-state index in [9.17, 15) is 23.2 Å². The average molecular weight is 493 g/mol. The number of rotatable bonds is 6. The van der Waals surface area contributed by atoms with Gasteiger partial charge in [-0.3, -0.25) is 19.8 Å². The van der Waals surface area contributed by atoms with Crippen LogP contribution in [0.4, 0.5) is 8.78 Å². The lowest BCUT2D eigenvalue weighted by molar-refractivity contribution is -0.141. The summed E-state index contributed by atoms with van der Waals surface area (Å²) < 4.78 is 31.6. The smallest absolute Gasteiger partial charge is 0.322 e. The number of carbonyl (C=O) groups is 3. The fourth-order valence-corrected chi connectivity index (χ4v) is 4.37. The van der Waals surface area contributed by atoms with Gasteiger partial charge < -0.3 is 19.9 Å². The van der Waals surface area contributed by atoms with Crippen molar-refractivity contribution in [2.24, 2.45) is 0 Å². The maximum Gasteiger partial charge on any atom is 0.322 e. The fourth-order valence-electron chi connectivity index (χ4n) is 3.49. The van der Waals surface area contributed by atoms with E-state index in [-0.39, 0.29) is 30.0 Å². The summed E-state index contributed by atoms with van der Waals surface area (Å²) in [5.41, 5.74) is 1.41. The van der Waals surface area contributed by atoms with E-state index in [1.165, 1.54) is 40.5 Å². The molecule has 1 aliphatic rings. The zero-order valence-corrected chi connectivity index (χ0v) is 19.9. The number of hydrogen-bond donors (Lipinski definition) is 2. The maximum atomic E-state index is 13.0. The summed E-state index contributed by atoms with van der Waals surface area (Å²) in [6, 6.07) is 7.29. The first-order valence-electron chi connectivity index (χ1n) is 10.6. The Morgan fingerprint density at radius 2 is 1.88 bits per heavy atom. The molecule has 3 amide bonds. The number of benzene rings is 1. The Balaban J connectivity index is 1.65. The molecule has 8 nitrogen and oxygen atoms in total. The van der Waals surface area contributed by atoms with Crippen LogP contribution in [0.5, 0.6) is 0 Å². The highest BCUT2D eigenvalue weighted by Gasteiger charge is 2.33. The van der Waals surface area contributed by atoms with Crippen LogP contribution in [0.3, 0.4) is 0 Å². The molecule has 1 saturated heterocycles. The minimum Gasteiger partial charge on any atom is -0.377 e. The van der Waals surface area contributed by atoms with Gasteiger partial charge in [-0.05, 0) is 36.1 Å². The molecule has 0 saturated carbocycles. The zero-order valence-electron chi connectivity index (χ0n) is 19.1. The summed E-state index contributed by atoms with van der Waals surface area (Å²) in [6.07, 6.45) is 0. The molecule has 2 N–H and O–H groups in total. The number of halogens is 2. The van der Waals surface area contributed by atoms with E-state index in [4.69, 9.17) is 10.1 Å². The highest BCUT2D eigenvalue weighted by molar-refractivity contribution is 7.12. The van der Waals surface area contributed by atoms with Crippen LogP contribution in [-0.4, -0.2) is 78.7 Å². The van der Waals surface area contributed by atoms with E-state index in [1.807, 2.05) is 23.7 Å². The van der Waals surface area contributed by atoms with Crippen LogP contribution in [0.15, 0.2) is 35.7 Å². The van der Waals surface area contributed by atoms with Crippen molar-refractivity contribution < 1.29 is 27.9 Å². The second-order valence-corrected chi connectivity index (χ2v) is 9.06. The summed E-state index contributed by atoms with van der Waals surface area (Å²) in [4.78, 5) is 41.2. The summed E-state index contributed by atoms with van der Waals surface area (Å²) in [5.74, 6) is -6.07. The largest absolute Gasteiger partial charge is 0.377 e. The molecule has 1 aliphatic heterocycles. The Morgan fingerprint density at radius 1 is 1.24 bits per heavy atom. The number of alkyl halides is 2. The van der Waals surface area contributed by atoms with Gasteiger partial charge in [-0.1, -0.05) is 12.1 Å². The van der Waals surface area contributed by atoms with Crippen LogP contribution in [0.2, 0.25) is 0 Å². The third kappa shape index (κ3) is 5.84. The van der Waals surface area contributed by atoms with Crippen LogP contribution in [0.25, 0.3) is 0 Å². The van der Waals surface area contributed by atoms with Gasteiger partial charge in [0.15, 0.2) is 0 Å². The number of carbonyl (C=O) groups excluding carboxylic acids is 3. The molecule has 1 atom stereocenters. The van der Waals surface area contributed by atoms with Crippen molar-refractivity contribution in [1.82, 2.24) is 15.1 Å². The standard InChI is InChI=1S/C23H26F2N4O4S/c1-14-8-11-34-18(14)21(31)29-9-10-33-13-17(29)12-28(3)20(30)16-6-4-15(5-7-16)19(26)27-22(32)23(2,24)25/h4-8,11,17H,9-10,12-13H2,1-3H3,(H2,26,27,32). The SMILES string of the molecule is Cc1ccsc1C(=O)N1CCOCC1CN(C)C(=O)c1ccc(C(=N)NC(=O)C(C)(F)F)cc1. The number of likely N-dealkylation sites (N-methyl/N-ethyl adjacent to an activating group) is 1. The van der Waals surface area contributed by atoms with Crippen LogP contribution in [0, 0.1) is 12.3 Å². The van der Waals surface area contributed by atoms with E-state index < -0.39 is 17.7 Å². The molecule has 0 spiro atoms. The van der Waals surface area contributed by atoms with E-state index >= 15 is 0 Å². The Labute approximate surface area is 200 Å². The molecule has 11 heteroatoms. The van der Waals surface area contributed by atoms with Crippen LogP contribution in [0.1, 0.15) is 38.1 Å². The van der Waals surface area contributed by atoms with Crippen molar-refractivity contribution >= 4 is 34.9 Å². The summed E-state index contributed by atoms with van der Waals surface area (Å²) in [7, 11) is 1.62. The van der Waals surface area contributed by atoms with E-state index in [0.29, 0.717) is 37.1 Å². The fraction of sp³-hybridized carbons (Fsp3) is 0.391. The predicted octanol–water partition coefficient (Wildman–Crippen LogP) is 2.77. The minimum atomic E-state index is -3.61. The van der Waals surface area contributed by atoms with Crippen molar-refractivity contribution in [3.63, 3.8) is 0 Å². The van der Waals surface area contributed by atoms with Gasteiger partial charge in [-0.25, -0.2) is 0 Å². The lowest BCUT2D eigenvalue weighted by atomic mass is 10.1. The monoisotopic (exact) mass is 492 g/mol. The van der Waals surface area contributed by atoms with Crippen LogP contribution >= 0.6 is 11.3 Å². The van der Waals surface area contributed by atoms with Gasteiger partial charge >= 0.3 is 5.92 Å². The third-order valence-electron chi connectivity index (χ3n) is 5.43. The van der Waals surface area contributed by atoms with Gasteiger partial charge in [0.2, 0.25) is 0 Å². The van der Waals surface area contributed by atoms with Crippen molar-refractivity contribution in [3.05, 3.63) is 57.3 Å². The number of amides is 3. The van der Waals surface area contributed by atoms with Crippen molar-refractivity contribution in [1.29, 1.82) is 5.41 Å². The van der Waals surface area contributed by atoms with Gasteiger partial charge in [-0.2, -0.15) is 8.78 Å². The van der Waals surface area contributed by atoms with Crippen molar-refractivity contribution in [2.45, 2.75) is 25.8 Å². The van der Waals surface area contributed by atoms with E-state index in [2.05, 4.69) is 0 Å². The van der Waals surface area contributed by atoms with E-state index in [1.54, 1.807) is 11.9 Å². The molecular weight excluding hydrogens is 466 g/mol. The Kier molecular flexibility index (Phi) is 7.78. The van der Waals surface area contributed by atoms with Gasteiger partial charge in [0.05, 0.1) is 24.1 Å². The topological polar surface area (TPSA) is 103 Å². The van der Waals surface area contributed by atoms with Crippen LogP contribution in [-0.2, 0) is 9.53 Å². The second kappa shape index (κ2) is 10.4. The van der Waals surface area contributed by atoms with Gasteiger partial charge in [-0.15, -0.1) is 11.3 Å². The molecule has 0 bridgehead atoms. The Morgan fingerprint density at radius 3 is 2.47 bits per heavy atom. The first kappa shape index (κ1) is 25.4. The highest BCUT2D eigenvalue weighted by atomic mass is 32.1. The normalized spacial score (nSPS) is 16.1. The molecule has 2 heterocycles. The number of thiophene rings is 1. The summed E-state index contributed by atoms with van der Waals surface area (Å²) in [6.45, 7) is 3.76. The number of morpholine rings is 1. The molecular formula is C23H26F2N4O4S. The third-order valence-corrected chi connectivity index (χ3v) is 6.44. The van der Waals surface area contributed by atoms with Crippen LogP contribution < -0.4 is 5.32 Å². The van der Waals surface area contributed by atoms with Crippen molar-refractivity contribution in [3.8, 4) is 0 Å². The first-order valence-corrected chi connectivity index (χ1v) is 11.4. The molecule has 182 valence electrons. The molecule has 1 unspecified atom stereocenters. The first-order chi connectivity index (χ1) is 16.0. The van der Waals surface area contributed by atoms with Gasteiger partial charge in [0, 0.05) is 38.2 Å². The molecule has 2 aromatic rings. The van der Waals surface area contributed by atoms with Gasteiger partial charge in [0.25, 0.3) is 17.7 Å². The van der Waals surface area contributed by atoms with E-state index in [0.717, 1.165) is 5.56 Å². The second-order valence-electron chi connectivity index (χ2n) is 8.14. The molecule has 34 heavy (non-hydrogen) atoms. The molecule has 1 fully saturated rings. The van der Waals surface area contributed by atoms with Crippen molar-refractivity contribution in [2.75, 3.05) is 33.4 Å². The summed E-state index contributed by atoms with van der Waals surface area (Å²) >= 11 is 1.39. The zero-order chi connectivity index (χ0) is 25.0. The minimum absolute atomic E-state index is 0.0794. The number of amidine groups is 1. The quantitative estimate of drug-likeness (QED) is 0.478. The average Bonchev–Trinajstić information content (AvgIpc) is 3.23. The summed E-state index contributed by atoms with van der Waals surface area (Å²) in [5, 5.41) is 11.5. The molecule has 3 rings (SSSR count). The molecule has 1 aromatic heterocycles.